The monoisotopic (exact) mass is 710 g/mol. The fraction of sp³-hybridized carbons (Fsp3) is 0.462. The largest absolute Gasteiger partial charge is 0.465 e. The number of H-pyrrole nitrogens is 2. The van der Waals surface area contributed by atoms with E-state index < -0.39 is 18.2 Å². The van der Waals surface area contributed by atoms with Gasteiger partial charge in [0.2, 0.25) is 5.91 Å². The molecule has 4 heterocycles. The van der Waals surface area contributed by atoms with Crippen molar-refractivity contribution >= 4 is 18.1 Å². The Bertz CT molecular complexity index is 1820. The van der Waals surface area contributed by atoms with E-state index in [1.807, 2.05) is 31.1 Å². The van der Waals surface area contributed by atoms with Crippen LogP contribution < -0.4 is 10.6 Å². The average Bonchev–Trinajstić information content (AvgIpc) is 3.97. The number of imidazole rings is 2. The minimum absolute atomic E-state index is 0.0953. The highest BCUT2D eigenvalue weighted by Crippen LogP contribution is 2.34. The number of aromatic amines is 2. The quantitative estimate of drug-likeness (QED) is 0.102. The summed E-state index contributed by atoms with van der Waals surface area (Å²) in [6.07, 6.45) is 7.52. The third-order valence-electron chi connectivity index (χ3n) is 10.3. The third-order valence-corrected chi connectivity index (χ3v) is 10.3. The van der Waals surface area contributed by atoms with Gasteiger partial charge in [0.05, 0.1) is 43.0 Å². The maximum atomic E-state index is 13.5. The smallest absolute Gasteiger partial charge is 0.407 e. The van der Waals surface area contributed by atoms with Gasteiger partial charge in [-0.25, -0.2) is 19.6 Å². The van der Waals surface area contributed by atoms with Crippen LogP contribution in [0.4, 0.5) is 9.59 Å². The molecule has 4 aromatic rings. The fourth-order valence-corrected chi connectivity index (χ4v) is 7.55. The number of nitrogens with one attached hydrogen (secondary N) is 4. The minimum Gasteiger partial charge on any atom is -0.465 e. The zero-order chi connectivity index (χ0) is 36.8. The predicted molar refractivity (Wildman–Crippen MR) is 198 cm³/mol. The number of aromatic nitrogens is 4. The number of nitrogens with zero attached hydrogens (tertiary/aromatic N) is 4. The lowest BCUT2D eigenvalue weighted by molar-refractivity contribution is -0.135. The molecule has 2 aromatic carbocycles. The summed E-state index contributed by atoms with van der Waals surface area (Å²) in [4.78, 5) is 57.3. The summed E-state index contributed by atoms with van der Waals surface area (Å²) in [5, 5.41) is 14.7. The first-order valence-electron chi connectivity index (χ1n) is 18.3. The molecule has 0 aliphatic carbocycles. The van der Waals surface area contributed by atoms with Gasteiger partial charge in [-0.1, -0.05) is 75.7 Å². The van der Waals surface area contributed by atoms with Gasteiger partial charge in [-0.05, 0) is 66.8 Å². The number of likely N-dealkylation sites (tertiary alicyclic amines) is 2. The van der Waals surface area contributed by atoms with Gasteiger partial charge in [-0.15, -0.1) is 0 Å². The molecule has 0 unspecified atom stereocenters. The number of carbonyl (C=O) groups is 3. The maximum absolute atomic E-state index is 13.5. The molecule has 52 heavy (non-hydrogen) atoms. The first kappa shape index (κ1) is 36.6. The van der Waals surface area contributed by atoms with Crippen LogP contribution in [0.15, 0.2) is 60.9 Å². The van der Waals surface area contributed by atoms with E-state index in [9.17, 15) is 19.5 Å². The Hall–Kier alpha value is -5.17. The number of carboxylic acid groups (broad SMARTS) is 1. The van der Waals surface area contributed by atoms with Crippen molar-refractivity contribution in [1.29, 1.82) is 0 Å². The van der Waals surface area contributed by atoms with E-state index in [-0.39, 0.29) is 30.0 Å². The van der Waals surface area contributed by atoms with Gasteiger partial charge in [0.25, 0.3) is 0 Å². The molecule has 0 saturated carbocycles. The first-order chi connectivity index (χ1) is 25.1. The summed E-state index contributed by atoms with van der Waals surface area (Å²) in [7, 11) is 1.29. The average molecular weight is 711 g/mol. The summed E-state index contributed by atoms with van der Waals surface area (Å²) in [6, 6.07) is 15.9. The maximum Gasteiger partial charge on any atom is 0.407 e. The lowest BCUT2D eigenvalue weighted by Crippen LogP contribution is -2.51. The molecule has 4 atom stereocenters. The Morgan fingerprint density at radius 2 is 1.38 bits per heavy atom. The Balaban J connectivity index is 1.09. The van der Waals surface area contributed by atoms with Gasteiger partial charge < -0.3 is 35.3 Å². The number of amides is 3. The van der Waals surface area contributed by atoms with Crippen LogP contribution in [-0.2, 0) is 9.53 Å². The van der Waals surface area contributed by atoms with E-state index in [2.05, 4.69) is 85.9 Å². The molecule has 5 N–H and O–H groups in total. The summed E-state index contributed by atoms with van der Waals surface area (Å²) in [5.41, 5.74) is 6.05. The van der Waals surface area contributed by atoms with Crippen LogP contribution in [0.25, 0.3) is 33.6 Å². The number of carbonyl (C=O) groups excluding carboxylic acids is 2. The number of benzene rings is 2. The highest BCUT2D eigenvalue weighted by atomic mass is 16.5. The fourth-order valence-electron chi connectivity index (χ4n) is 7.55. The van der Waals surface area contributed by atoms with Gasteiger partial charge in [0.1, 0.15) is 17.7 Å². The molecule has 0 spiro atoms. The van der Waals surface area contributed by atoms with Crippen LogP contribution in [0, 0.1) is 5.92 Å². The second-order valence-corrected chi connectivity index (χ2v) is 14.2. The van der Waals surface area contributed by atoms with Crippen molar-refractivity contribution in [3.8, 4) is 33.6 Å². The van der Waals surface area contributed by atoms with Crippen LogP contribution in [0.1, 0.15) is 83.0 Å². The van der Waals surface area contributed by atoms with E-state index in [0.717, 1.165) is 90.4 Å². The zero-order valence-corrected chi connectivity index (χ0v) is 30.4. The highest BCUT2D eigenvalue weighted by molar-refractivity contribution is 5.86. The third kappa shape index (κ3) is 8.31. The molecule has 13 nitrogen and oxygen atoms in total. The summed E-state index contributed by atoms with van der Waals surface area (Å²) < 4.78 is 4.75. The summed E-state index contributed by atoms with van der Waals surface area (Å²) >= 11 is 0. The predicted octanol–water partition coefficient (Wildman–Crippen LogP) is 6.75. The SMILES string of the molecule is CCC[C@@H](CN1CCC[C@H]1c1ncc(-c2ccc(-c3ccc(-c4cnc([C@@H]5CCCN5C(=O)[C@@H](NC(=O)OC)C(C)C)[nH]4)cc3)cc2)[nH]1)NC(=O)O. The molecule has 2 fully saturated rings. The molecule has 6 rings (SSSR count). The number of hydrogen-bond acceptors (Lipinski definition) is 7. The normalized spacial score (nSPS) is 18.8. The lowest BCUT2D eigenvalue weighted by atomic mass is 10.0. The molecule has 0 radical (unpaired) electrons. The highest BCUT2D eigenvalue weighted by Gasteiger charge is 2.37. The Morgan fingerprint density at radius 3 is 1.92 bits per heavy atom. The second kappa shape index (κ2) is 16.4. The molecule has 13 heteroatoms. The molecular weight excluding hydrogens is 660 g/mol. The molecular formula is C39H50N8O5. The van der Waals surface area contributed by atoms with Crippen LogP contribution in [0.5, 0.6) is 0 Å². The van der Waals surface area contributed by atoms with E-state index in [0.29, 0.717) is 13.1 Å². The van der Waals surface area contributed by atoms with Crippen LogP contribution in [0.2, 0.25) is 0 Å². The lowest BCUT2D eigenvalue weighted by Gasteiger charge is -2.30. The second-order valence-electron chi connectivity index (χ2n) is 14.2. The van der Waals surface area contributed by atoms with Crippen LogP contribution >= 0.6 is 0 Å². The van der Waals surface area contributed by atoms with E-state index >= 15 is 0 Å². The molecule has 276 valence electrons. The number of hydrogen-bond donors (Lipinski definition) is 5. The van der Waals surface area contributed by atoms with Gasteiger partial charge in [-0.2, -0.15) is 0 Å². The molecule has 0 bridgehead atoms. The number of methoxy groups -OCH3 is 1. The number of alkyl carbamates (subject to hydrolysis) is 1. The molecule has 3 amide bonds. The van der Waals surface area contributed by atoms with E-state index in [1.165, 1.54) is 7.11 Å². The molecule has 2 aliphatic rings. The van der Waals surface area contributed by atoms with Crippen molar-refractivity contribution in [2.45, 2.75) is 83.5 Å². The Labute approximate surface area is 304 Å². The Kier molecular flexibility index (Phi) is 11.6. The standard InChI is InChI=1S/C39H50N8O5/c1-5-8-29(42-38(49)50)23-46-19-6-9-32(46)35-40-21-30(43-35)27-15-11-25(12-16-27)26-13-17-28(18-14-26)31-22-41-36(44-31)33-10-7-20-47(33)37(48)34(24(2)3)45-39(51)52-4/h11-18,21-22,24,29,32-34,42H,5-10,19-20,23H2,1-4H3,(H,40,43)(H,41,44)(H,45,51)(H,49,50)/t29-,32-,33-,34-/m0/s1. The Morgan fingerprint density at radius 1 is 0.846 bits per heavy atom. The first-order valence-corrected chi connectivity index (χ1v) is 18.3. The minimum atomic E-state index is -0.976. The van der Waals surface area contributed by atoms with Crippen molar-refractivity contribution in [2.24, 2.45) is 5.92 Å². The van der Waals surface area contributed by atoms with Gasteiger partial charge in [0.15, 0.2) is 0 Å². The van der Waals surface area contributed by atoms with Crippen molar-refractivity contribution < 1.29 is 24.2 Å². The molecule has 2 aliphatic heterocycles. The van der Waals surface area contributed by atoms with E-state index in [4.69, 9.17) is 9.72 Å². The molecule has 2 aromatic heterocycles. The summed E-state index contributed by atoms with van der Waals surface area (Å²) in [5.74, 6) is 1.43. The van der Waals surface area contributed by atoms with E-state index in [1.54, 1.807) is 0 Å². The number of rotatable bonds is 13. The van der Waals surface area contributed by atoms with Gasteiger partial charge in [-0.3, -0.25) is 9.69 Å². The summed E-state index contributed by atoms with van der Waals surface area (Å²) in [6.45, 7) is 8.08. The molecule has 2 saturated heterocycles. The van der Waals surface area contributed by atoms with Crippen molar-refractivity contribution in [3.63, 3.8) is 0 Å². The van der Waals surface area contributed by atoms with Gasteiger partial charge >= 0.3 is 12.2 Å². The van der Waals surface area contributed by atoms with Crippen molar-refractivity contribution in [2.75, 3.05) is 26.7 Å². The van der Waals surface area contributed by atoms with Crippen molar-refractivity contribution in [1.82, 2.24) is 40.4 Å². The van der Waals surface area contributed by atoms with Gasteiger partial charge in [0, 0.05) is 19.1 Å². The topological polar surface area (TPSA) is 169 Å². The van der Waals surface area contributed by atoms with Crippen molar-refractivity contribution in [3.05, 3.63) is 72.6 Å². The number of ether oxygens (including phenoxy) is 1. The van der Waals surface area contributed by atoms with Crippen LogP contribution in [-0.4, -0.2) is 91.8 Å². The van der Waals surface area contributed by atoms with Crippen LogP contribution in [0.3, 0.4) is 0 Å². The zero-order valence-electron chi connectivity index (χ0n) is 30.4.